The van der Waals surface area contributed by atoms with Crippen LogP contribution in [0.1, 0.15) is 20.8 Å². The number of primary amides is 1. The van der Waals surface area contributed by atoms with Crippen molar-refractivity contribution in [3.05, 3.63) is 0 Å². The summed E-state index contributed by atoms with van der Waals surface area (Å²) in [6.07, 6.45) is 0. The number of hydrogen-bond acceptors (Lipinski definition) is 3. The Kier molecular flexibility index (Phi) is 3.21. The summed E-state index contributed by atoms with van der Waals surface area (Å²) in [4.78, 5) is 21.8. The van der Waals surface area contributed by atoms with Crippen LogP contribution in [0.2, 0.25) is 0 Å². The summed E-state index contributed by atoms with van der Waals surface area (Å²) in [6.45, 7) is 4.58. The molecular weight excluding hydrogens is 158 g/mol. The third-order valence-electron chi connectivity index (χ3n) is 1.47. The zero-order valence-corrected chi connectivity index (χ0v) is 7.55. The van der Waals surface area contributed by atoms with E-state index in [2.05, 4.69) is 5.32 Å². The average molecular weight is 173 g/mol. The van der Waals surface area contributed by atoms with Gasteiger partial charge in [0.15, 0.2) is 0 Å². The van der Waals surface area contributed by atoms with Crippen LogP contribution >= 0.6 is 0 Å². The van der Waals surface area contributed by atoms with Crippen LogP contribution in [0.15, 0.2) is 0 Å². The van der Waals surface area contributed by atoms with E-state index in [1.807, 2.05) is 0 Å². The van der Waals surface area contributed by atoms with E-state index in [4.69, 9.17) is 11.5 Å². The number of carbonyl (C=O) groups excluding carboxylic acids is 2. The molecule has 5 nitrogen and oxygen atoms in total. The quantitative estimate of drug-likeness (QED) is 0.495. The van der Waals surface area contributed by atoms with E-state index in [1.165, 1.54) is 20.8 Å². The van der Waals surface area contributed by atoms with Crippen LogP contribution in [-0.2, 0) is 9.59 Å². The zero-order valence-electron chi connectivity index (χ0n) is 7.55. The summed E-state index contributed by atoms with van der Waals surface area (Å²) in [6, 6.07) is -0.636. The van der Waals surface area contributed by atoms with Crippen LogP contribution in [0.5, 0.6) is 0 Å². The highest BCUT2D eigenvalue weighted by molar-refractivity contribution is 5.91. The maximum Gasteiger partial charge on any atom is 0.242 e. The van der Waals surface area contributed by atoms with Crippen molar-refractivity contribution in [2.45, 2.75) is 32.4 Å². The van der Waals surface area contributed by atoms with Gasteiger partial charge in [-0.3, -0.25) is 9.59 Å². The second kappa shape index (κ2) is 3.53. The van der Waals surface area contributed by atoms with Gasteiger partial charge in [0.2, 0.25) is 11.8 Å². The lowest BCUT2D eigenvalue weighted by atomic mass is 10.0. The molecule has 0 unspecified atom stereocenters. The molecule has 0 aromatic rings. The first-order valence-electron chi connectivity index (χ1n) is 3.65. The molecule has 0 heterocycles. The van der Waals surface area contributed by atoms with Gasteiger partial charge in [0.25, 0.3) is 0 Å². The summed E-state index contributed by atoms with van der Waals surface area (Å²) in [5.41, 5.74) is 9.27. The van der Waals surface area contributed by atoms with Crippen molar-refractivity contribution in [2.75, 3.05) is 0 Å². The van der Waals surface area contributed by atoms with Gasteiger partial charge in [-0.15, -0.1) is 0 Å². The molecule has 0 aliphatic carbocycles. The molecule has 0 bridgehead atoms. The normalized spacial score (nSPS) is 13.7. The molecule has 0 aromatic carbocycles. The van der Waals surface area contributed by atoms with Gasteiger partial charge in [0.05, 0.1) is 6.04 Å². The van der Waals surface area contributed by atoms with Crippen LogP contribution < -0.4 is 16.8 Å². The number of carbonyl (C=O) groups is 2. The van der Waals surface area contributed by atoms with Gasteiger partial charge >= 0.3 is 0 Å². The van der Waals surface area contributed by atoms with Gasteiger partial charge in [0.1, 0.15) is 5.54 Å². The van der Waals surface area contributed by atoms with E-state index in [-0.39, 0.29) is 5.91 Å². The molecule has 12 heavy (non-hydrogen) atoms. The number of amides is 2. The highest BCUT2D eigenvalue weighted by atomic mass is 16.2. The molecule has 0 aromatic heterocycles. The van der Waals surface area contributed by atoms with E-state index in [9.17, 15) is 9.59 Å². The highest BCUT2D eigenvalue weighted by Crippen LogP contribution is 1.99. The fourth-order valence-corrected chi connectivity index (χ4v) is 0.483. The molecule has 0 fully saturated rings. The Morgan fingerprint density at radius 3 is 2.08 bits per heavy atom. The van der Waals surface area contributed by atoms with Crippen molar-refractivity contribution in [1.29, 1.82) is 0 Å². The fourth-order valence-electron chi connectivity index (χ4n) is 0.483. The van der Waals surface area contributed by atoms with Crippen molar-refractivity contribution < 1.29 is 9.59 Å². The molecule has 70 valence electrons. The first kappa shape index (κ1) is 10.9. The molecular formula is C7H15N3O2. The van der Waals surface area contributed by atoms with E-state index in [0.29, 0.717) is 0 Å². The first-order valence-corrected chi connectivity index (χ1v) is 3.65. The summed E-state index contributed by atoms with van der Waals surface area (Å²) in [5, 5.41) is 2.42. The maximum atomic E-state index is 11.0. The Morgan fingerprint density at radius 2 is 1.83 bits per heavy atom. The predicted molar refractivity (Wildman–Crippen MR) is 45.1 cm³/mol. The number of hydrogen-bond donors (Lipinski definition) is 3. The summed E-state index contributed by atoms with van der Waals surface area (Å²) >= 11 is 0. The van der Waals surface area contributed by atoms with Gasteiger partial charge in [-0.25, -0.2) is 0 Å². The Labute approximate surface area is 71.5 Å². The number of nitrogens with one attached hydrogen (secondary N) is 1. The van der Waals surface area contributed by atoms with Gasteiger partial charge in [-0.2, -0.15) is 0 Å². The van der Waals surface area contributed by atoms with Crippen LogP contribution in [0.3, 0.4) is 0 Å². The lowest BCUT2D eigenvalue weighted by Crippen LogP contribution is -2.56. The van der Waals surface area contributed by atoms with Crippen molar-refractivity contribution in [1.82, 2.24) is 5.32 Å². The molecule has 0 saturated carbocycles. The van der Waals surface area contributed by atoms with Crippen LogP contribution in [-0.4, -0.2) is 23.4 Å². The minimum atomic E-state index is -1.04. The SMILES string of the molecule is C[C@@H](N)C(=O)NC(C)(C)C(N)=O. The van der Waals surface area contributed by atoms with Crippen molar-refractivity contribution in [2.24, 2.45) is 11.5 Å². The zero-order chi connectivity index (χ0) is 9.94. The van der Waals surface area contributed by atoms with Crippen LogP contribution in [0, 0.1) is 0 Å². The smallest absolute Gasteiger partial charge is 0.242 e. The van der Waals surface area contributed by atoms with Crippen molar-refractivity contribution in [3.8, 4) is 0 Å². The summed E-state index contributed by atoms with van der Waals surface area (Å²) in [5.74, 6) is -0.977. The topological polar surface area (TPSA) is 98.2 Å². The molecule has 0 aliphatic heterocycles. The van der Waals surface area contributed by atoms with Gasteiger partial charge in [-0.05, 0) is 20.8 Å². The van der Waals surface area contributed by atoms with E-state index in [1.54, 1.807) is 0 Å². The molecule has 0 saturated heterocycles. The molecule has 0 spiro atoms. The molecule has 0 aliphatic rings. The van der Waals surface area contributed by atoms with E-state index < -0.39 is 17.5 Å². The third-order valence-corrected chi connectivity index (χ3v) is 1.47. The molecule has 5 N–H and O–H groups in total. The summed E-state index contributed by atoms with van der Waals surface area (Å²) in [7, 11) is 0. The Bertz CT molecular complexity index is 199. The standard InChI is InChI=1S/C7H15N3O2/c1-4(8)5(11)10-7(2,3)6(9)12/h4H,8H2,1-3H3,(H2,9,12)(H,10,11)/t4-/m1/s1. The number of nitrogens with two attached hydrogens (primary N) is 2. The maximum absolute atomic E-state index is 11.0. The van der Waals surface area contributed by atoms with Gasteiger partial charge in [0, 0.05) is 0 Å². The van der Waals surface area contributed by atoms with Crippen LogP contribution in [0.4, 0.5) is 0 Å². The average Bonchev–Trinajstić information content (AvgIpc) is 1.85. The lowest BCUT2D eigenvalue weighted by molar-refractivity contribution is -0.130. The van der Waals surface area contributed by atoms with Crippen molar-refractivity contribution in [3.63, 3.8) is 0 Å². The number of rotatable bonds is 3. The van der Waals surface area contributed by atoms with Gasteiger partial charge in [-0.1, -0.05) is 0 Å². The Morgan fingerprint density at radius 1 is 1.42 bits per heavy atom. The first-order chi connectivity index (χ1) is 5.27. The second-order valence-electron chi connectivity index (χ2n) is 3.27. The van der Waals surface area contributed by atoms with Gasteiger partial charge < -0.3 is 16.8 Å². The molecule has 1 atom stereocenters. The predicted octanol–water partition coefficient (Wildman–Crippen LogP) is -1.29. The Balaban J connectivity index is 4.25. The van der Waals surface area contributed by atoms with E-state index in [0.717, 1.165) is 0 Å². The van der Waals surface area contributed by atoms with E-state index >= 15 is 0 Å². The monoisotopic (exact) mass is 173 g/mol. The Hall–Kier alpha value is -1.10. The molecule has 2 amide bonds. The molecule has 5 heteroatoms. The van der Waals surface area contributed by atoms with Crippen molar-refractivity contribution >= 4 is 11.8 Å². The summed E-state index contributed by atoms with van der Waals surface area (Å²) < 4.78 is 0. The second-order valence-corrected chi connectivity index (χ2v) is 3.27. The minimum absolute atomic E-state index is 0.390. The molecule has 0 rings (SSSR count). The molecule has 0 radical (unpaired) electrons. The largest absolute Gasteiger partial charge is 0.368 e. The van der Waals surface area contributed by atoms with Crippen LogP contribution in [0.25, 0.3) is 0 Å². The minimum Gasteiger partial charge on any atom is -0.368 e. The highest BCUT2D eigenvalue weighted by Gasteiger charge is 2.27. The lowest BCUT2D eigenvalue weighted by Gasteiger charge is -2.23. The fraction of sp³-hybridized carbons (Fsp3) is 0.714. The third kappa shape index (κ3) is 2.87.